The van der Waals surface area contributed by atoms with Gasteiger partial charge in [-0.2, -0.15) is 0 Å². The van der Waals surface area contributed by atoms with Crippen LogP contribution in [0, 0.1) is 0 Å². The minimum Gasteiger partial charge on any atom is -0.438 e. The molecule has 6 heteroatoms. The highest BCUT2D eigenvalue weighted by molar-refractivity contribution is 7.13. The SMILES string of the molecule is CCN(CC)c1ccc2cc(-c3nc(-c4ccccc4)cs3)c(=Nc3ccc(Cl)cc3)oc2c1. The van der Waals surface area contributed by atoms with E-state index in [0.29, 0.717) is 10.6 Å². The minimum absolute atomic E-state index is 0.528. The maximum Gasteiger partial charge on any atom is 0.230 e. The summed E-state index contributed by atoms with van der Waals surface area (Å²) in [7, 11) is 0. The summed E-state index contributed by atoms with van der Waals surface area (Å²) in [5, 5.41) is 4.62. The van der Waals surface area contributed by atoms with E-state index < -0.39 is 0 Å². The second-order valence-electron chi connectivity index (χ2n) is 7.85. The van der Waals surface area contributed by atoms with Crippen LogP contribution in [0.4, 0.5) is 11.4 Å². The summed E-state index contributed by atoms with van der Waals surface area (Å²) < 4.78 is 6.42. The van der Waals surface area contributed by atoms with Gasteiger partial charge in [0.25, 0.3) is 0 Å². The molecule has 0 aliphatic carbocycles. The quantitative estimate of drug-likeness (QED) is 0.245. The van der Waals surface area contributed by atoms with Crippen LogP contribution in [0.25, 0.3) is 32.8 Å². The van der Waals surface area contributed by atoms with E-state index in [1.165, 1.54) is 0 Å². The Labute approximate surface area is 207 Å². The predicted molar refractivity (Wildman–Crippen MR) is 143 cm³/mol. The number of fused-ring (bicyclic) bond motifs is 1. The maximum atomic E-state index is 6.42. The monoisotopic (exact) mass is 485 g/mol. The molecule has 0 N–H and O–H groups in total. The van der Waals surface area contributed by atoms with E-state index in [2.05, 4.69) is 60.5 Å². The number of hydrogen-bond acceptors (Lipinski definition) is 5. The van der Waals surface area contributed by atoms with Crippen molar-refractivity contribution < 1.29 is 4.42 Å². The van der Waals surface area contributed by atoms with Crippen molar-refractivity contribution in [3.05, 3.63) is 94.8 Å². The van der Waals surface area contributed by atoms with Crippen LogP contribution in [0.3, 0.4) is 0 Å². The Morgan fingerprint density at radius 1 is 0.941 bits per heavy atom. The van der Waals surface area contributed by atoms with Gasteiger partial charge in [-0.15, -0.1) is 11.3 Å². The highest BCUT2D eigenvalue weighted by Gasteiger charge is 2.13. The van der Waals surface area contributed by atoms with E-state index >= 15 is 0 Å². The Bertz CT molecular complexity index is 1490. The van der Waals surface area contributed by atoms with E-state index in [4.69, 9.17) is 26.0 Å². The number of anilines is 1. The van der Waals surface area contributed by atoms with Crippen LogP contribution in [0.1, 0.15) is 13.8 Å². The lowest BCUT2D eigenvalue weighted by Gasteiger charge is -2.21. The van der Waals surface area contributed by atoms with Crippen molar-refractivity contribution in [3.8, 4) is 21.8 Å². The average Bonchev–Trinajstić information content (AvgIpc) is 3.36. The Morgan fingerprint density at radius 3 is 2.44 bits per heavy atom. The zero-order valence-corrected chi connectivity index (χ0v) is 20.6. The van der Waals surface area contributed by atoms with Crippen LogP contribution in [0.5, 0.6) is 0 Å². The summed E-state index contributed by atoms with van der Waals surface area (Å²) in [4.78, 5) is 12.0. The second kappa shape index (κ2) is 9.84. The van der Waals surface area contributed by atoms with Crippen LogP contribution in [0.15, 0.2) is 93.7 Å². The molecule has 170 valence electrons. The van der Waals surface area contributed by atoms with Gasteiger partial charge in [0.05, 0.1) is 16.9 Å². The Balaban J connectivity index is 1.69. The molecule has 5 aromatic rings. The Kier molecular flexibility index (Phi) is 6.48. The molecule has 0 saturated heterocycles. The third-order valence-corrected chi connectivity index (χ3v) is 6.85. The third kappa shape index (κ3) is 4.63. The Morgan fingerprint density at radius 2 is 1.71 bits per heavy atom. The van der Waals surface area contributed by atoms with E-state index in [1.54, 1.807) is 11.3 Å². The fourth-order valence-electron chi connectivity index (χ4n) is 3.90. The molecule has 3 aromatic carbocycles. The maximum absolute atomic E-state index is 6.42. The van der Waals surface area contributed by atoms with Crippen molar-refractivity contribution in [2.45, 2.75) is 13.8 Å². The summed E-state index contributed by atoms with van der Waals surface area (Å²) in [5.74, 6) is 0. The smallest absolute Gasteiger partial charge is 0.230 e. The van der Waals surface area contributed by atoms with Gasteiger partial charge in [-0.1, -0.05) is 41.9 Å². The lowest BCUT2D eigenvalue weighted by Crippen LogP contribution is -2.21. The molecule has 2 heterocycles. The first kappa shape index (κ1) is 22.4. The van der Waals surface area contributed by atoms with E-state index in [1.807, 2.05) is 42.5 Å². The molecule has 0 amide bonds. The molecule has 0 atom stereocenters. The van der Waals surface area contributed by atoms with Gasteiger partial charge < -0.3 is 9.32 Å². The van der Waals surface area contributed by atoms with Gasteiger partial charge in [0.1, 0.15) is 10.6 Å². The molecule has 0 saturated carbocycles. The molecule has 0 aliphatic heterocycles. The van der Waals surface area contributed by atoms with Gasteiger partial charge in [-0.3, -0.25) is 0 Å². The number of rotatable bonds is 6. The highest BCUT2D eigenvalue weighted by atomic mass is 35.5. The number of benzene rings is 3. The highest BCUT2D eigenvalue weighted by Crippen LogP contribution is 2.30. The molecule has 34 heavy (non-hydrogen) atoms. The van der Waals surface area contributed by atoms with Crippen molar-refractivity contribution in [3.63, 3.8) is 0 Å². The lowest BCUT2D eigenvalue weighted by molar-refractivity contribution is 0.547. The summed E-state index contributed by atoms with van der Waals surface area (Å²) in [6.45, 7) is 6.18. The van der Waals surface area contributed by atoms with E-state index in [-0.39, 0.29) is 0 Å². The molecule has 0 bridgehead atoms. The molecular formula is C28H24ClN3OS. The molecule has 4 nitrogen and oxygen atoms in total. The molecule has 0 unspecified atom stereocenters. The first-order chi connectivity index (χ1) is 16.6. The van der Waals surface area contributed by atoms with E-state index in [0.717, 1.165) is 57.3 Å². The zero-order valence-electron chi connectivity index (χ0n) is 19.0. The summed E-state index contributed by atoms with van der Waals surface area (Å²) in [5.41, 5.74) is 6.12. The van der Waals surface area contributed by atoms with Crippen molar-refractivity contribution in [1.29, 1.82) is 0 Å². The molecule has 0 radical (unpaired) electrons. The van der Waals surface area contributed by atoms with E-state index in [9.17, 15) is 0 Å². The largest absolute Gasteiger partial charge is 0.438 e. The number of nitrogens with zero attached hydrogens (tertiary/aromatic N) is 3. The topological polar surface area (TPSA) is 41.6 Å². The first-order valence-corrected chi connectivity index (χ1v) is 12.5. The number of hydrogen-bond donors (Lipinski definition) is 0. The molecule has 5 rings (SSSR count). The molecule has 2 aromatic heterocycles. The second-order valence-corrected chi connectivity index (χ2v) is 9.15. The van der Waals surface area contributed by atoms with Gasteiger partial charge in [0.15, 0.2) is 0 Å². The molecular weight excluding hydrogens is 462 g/mol. The standard InChI is InChI=1S/C28H24ClN3OS/c1-3-32(4-2)23-15-10-20-16-24(28-31-25(18-34-28)19-8-6-5-7-9-19)27(33-26(20)17-23)30-22-13-11-21(29)12-14-22/h5-18H,3-4H2,1-2H3. The lowest BCUT2D eigenvalue weighted by atomic mass is 10.1. The van der Waals surface area contributed by atoms with Crippen molar-refractivity contribution >= 4 is 45.3 Å². The zero-order chi connectivity index (χ0) is 23.5. The molecule has 0 spiro atoms. The Hall–Kier alpha value is -3.41. The van der Waals surface area contributed by atoms with Gasteiger partial charge in [-0.05, 0) is 56.3 Å². The van der Waals surface area contributed by atoms with Gasteiger partial charge >= 0.3 is 0 Å². The molecule has 0 fully saturated rings. The number of aromatic nitrogens is 1. The minimum atomic E-state index is 0.528. The van der Waals surface area contributed by atoms with Gasteiger partial charge in [0, 0.05) is 46.2 Å². The molecule has 0 aliphatic rings. The summed E-state index contributed by atoms with van der Waals surface area (Å²) in [6.07, 6.45) is 0. The van der Waals surface area contributed by atoms with Crippen LogP contribution < -0.4 is 10.5 Å². The fraction of sp³-hybridized carbons (Fsp3) is 0.143. The predicted octanol–water partition coefficient (Wildman–Crippen LogP) is 7.96. The van der Waals surface area contributed by atoms with Crippen molar-refractivity contribution in [2.24, 2.45) is 4.99 Å². The van der Waals surface area contributed by atoms with Gasteiger partial charge in [0.2, 0.25) is 5.55 Å². The normalized spacial score (nSPS) is 11.8. The third-order valence-electron chi connectivity index (χ3n) is 5.72. The average molecular weight is 486 g/mol. The summed E-state index contributed by atoms with van der Waals surface area (Å²) in [6, 6.07) is 26.1. The summed E-state index contributed by atoms with van der Waals surface area (Å²) >= 11 is 7.67. The first-order valence-electron chi connectivity index (χ1n) is 11.3. The van der Waals surface area contributed by atoms with Crippen LogP contribution in [-0.2, 0) is 0 Å². The number of thiazole rings is 1. The van der Waals surface area contributed by atoms with Crippen molar-refractivity contribution in [2.75, 3.05) is 18.0 Å². The number of halogens is 1. The van der Waals surface area contributed by atoms with Gasteiger partial charge in [-0.25, -0.2) is 9.98 Å². The van der Waals surface area contributed by atoms with Crippen LogP contribution in [0.2, 0.25) is 5.02 Å². The fourth-order valence-corrected chi connectivity index (χ4v) is 4.86. The van der Waals surface area contributed by atoms with Crippen molar-refractivity contribution in [1.82, 2.24) is 4.98 Å². The van der Waals surface area contributed by atoms with Crippen LogP contribution >= 0.6 is 22.9 Å². The van der Waals surface area contributed by atoms with Crippen LogP contribution in [-0.4, -0.2) is 18.1 Å².